The standard InChI is InChI=1S/C30H62O5S3Si/c1-13-18-23-36(7,8)29(15-3,16-4)34-37(9,10)30(17-5,26(6)14-2)35-39(11,12)25-27-19-21-28(24-27,22-20-27)38(31,32)33/h14,26H,2,13,15-25H2,1,3-12H3,(H,31,32,33). The van der Waals surface area contributed by atoms with E-state index in [-0.39, 0.29) is 16.3 Å². The van der Waals surface area contributed by atoms with Gasteiger partial charge in [-0.1, -0.05) is 47.1 Å². The van der Waals surface area contributed by atoms with Gasteiger partial charge in [-0.3, -0.25) is 4.55 Å². The van der Waals surface area contributed by atoms with E-state index in [0.717, 1.165) is 38.1 Å². The van der Waals surface area contributed by atoms with E-state index >= 15 is 0 Å². The highest BCUT2D eigenvalue weighted by molar-refractivity contribution is 8.35. The van der Waals surface area contributed by atoms with Gasteiger partial charge in [-0.15, -0.1) is 16.9 Å². The van der Waals surface area contributed by atoms with Gasteiger partial charge in [-0.25, -0.2) is 10.0 Å². The highest BCUT2D eigenvalue weighted by atomic mass is 32.3. The highest BCUT2D eigenvalue weighted by Crippen LogP contribution is 2.70. The topological polar surface area (TPSA) is 72.8 Å². The van der Waals surface area contributed by atoms with Gasteiger partial charge < -0.3 is 8.61 Å². The Hall–Kier alpha value is 0.487. The first-order valence-electron chi connectivity index (χ1n) is 15.2. The SMILES string of the molecule is C=CC(C)C(CC)(O[Si](C)(C)CC12CCC(S(=O)(=O)O)(CC1)C2)S(C)(C)OC(CC)(CC)S(C)(C)CCCC. The average Bonchev–Trinajstić information content (AvgIpc) is 3.40. The van der Waals surface area contributed by atoms with Gasteiger partial charge in [0.2, 0.25) is 0 Å². The molecule has 0 aromatic heterocycles. The fourth-order valence-electron chi connectivity index (χ4n) is 8.21. The summed E-state index contributed by atoms with van der Waals surface area (Å²) in [5.41, 5.74) is -0.0500. The van der Waals surface area contributed by atoms with Crippen molar-refractivity contribution >= 4 is 38.8 Å². The third-order valence-electron chi connectivity index (χ3n) is 10.5. The van der Waals surface area contributed by atoms with Crippen LogP contribution in [0.2, 0.25) is 19.1 Å². The maximum absolute atomic E-state index is 12.3. The minimum absolute atomic E-state index is 0.0500. The predicted molar refractivity (Wildman–Crippen MR) is 179 cm³/mol. The molecule has 2 aliphatic carbocycles. The summed E-state index contributed by atoms with van der Waals surface area (Å²) in [6.07, 6.45) is 20.3. The Balaban J connectivity index is 2.47. The number of hydrogen-bond donors (Lipinski definition) is 1. The van der Waals surface area contributed by atoms with Gasteiger partial charge in [-0.05, 0) is 113 Å². The van der Waals surface area contributed by atoms with Crippen LogP contribution in [0.3, 0.4) is 0 Å². The molecule has 234 valence electrons. The van der Waals surface area contributed by atoms with Crippen molar-refractivity contribution in [2.24, 2.45) is 11.3 Å². The first-order chi connectivity index (χ1) is 17.7. The molecule has 0 radical (unpaired) electrons. The van der Waals surface area contributed by atoms with Gasteiger partial charge >= 0.3 is 0 Å². The zero-order valence-electron chi connectivity index (χ0n) is 27.2. The van der Waals surface area contributed by atoms with Crippen LogP contribution in [0, 0.1) is 11.3 Å². The van der Waals surface area contributed by atoms with Crippen molar-refractivity contribution in [3.8, 4) is 0 Å². The second-order valence-corrected chi connectivity index (χ2v) is 27.5. The molecular weight excluding hydrogens is 565 g/mol. The second kappa shape index (κ2) is 12.2. The van der Waals surface area contributed by atoms with Crippen LogP contribution in [0.25, 0.3) is 0 Å². The summed E-state index contributed by atoms with van der Waals surface area (Å²) in [5, 5.41) is 0. The molecule has 0 aromatic carbocycles. The summed E-state index contributed by atoms with van der Waals surface area (Å²) in [7, 11) is -9.11. The third kappa shape index (κ3) is 6.69. The van der Waals surface area contributed by atoms with Crippen LogP contribution in [0.4, 0.5) is 0 Å². The van der Waals surface area contributed by atoms with E-state index in [2.05, 4.69) is 79.3 Å². The minimum atomic E-state index is -4.05. The van der Waals surface area contributed by atoms with Gasteiger partial charge in [0.25, 0.3) is 10.1 Å². The number of hydrogen-bond acceptors (Lipinski definition) is 4. The zero-order valence-corrected chi connectivity index (χ0v) is 30.6. The van der Waals surface area contributed by atoms with Gasteiger partial charge in [0.05, 0.1) is 4.75 Å². The van der Waals surface area contributed by atoms with E-state index in [0.29, 0.717) is 19.3 Å². The monoisotopic (exact) mass is 626 g/mol. The van der Waals surface area contributed by atoms with Gasteiger partial charge in [0.15, 0.2) is 8.32 Å². The fourth-order valence-corrected chi connectivity index (χ4v) is 21.5. The van der Waals surface area contributed by atoms with Crippen molar-refractivity contribution in [2.75, 3.05) is 30.8 Å². The van der Waals surface area contributed by atoms with Crippen molar-refractivity contribution in [1.29, 1.82) is 0 Å². The van der Waals surface area contributed by atoms with Crippen molar-refractivity contribution in [3.63, 3.8) is 0 Å². The van der Waals surface area contributed by atoms with E-state index in [1.807, 2.05) is 6.08 Å². The number of fused-ring (bicyclic) bond motifs is 2. The maximum Gasteiger partial charge on any atom is 0.270 e. The molecule has 5 nitrogen and oxygen atoms in total. The highest BCUT2D eigenvalue weighted by Gasteiger charge is 2.62. The first kappa shape index (κ1) is 35.7. The molecule has 2 rings (SSSR count). The Morgan fingerprint density at radius 1 is 1.00 bits per heavy atom. The average molecular weight is 627 g/mol. The summed E-state index contributed by atoms with van der Waals surface area (Å²) < 4.78 is 48.8. The van der Waals surface area contributed by atoms with E-state index in [9.17, 15) is 13.0 Å². The summed E-state index contributed by atoms with van der Waals surface area (Å²) in [6, 6.07) is 0.915. The summed E-state index contributed by atoms with van der Waals surface area (Å²) in [5.74, 6) is 1.33. The molecule has 2 bridgehead atoms. The molecule has 0 aliphatic heterocycles. The Morgan fingerprint density at radius 3 is 1.92 bits per heavy atom. The van der Waals surface area contributed by atoms with Crippen LogP contribution in [0.5, 0.6) is 0 Å². The van der Waals surface area contributed by atoms with Gasteiger partial charge in [0.1, 0.15) is 9.87 Å². The lowest BCUT2D eigenvalue weighted by molar-refractivity contribution is 0.0771. The molecule has 2 atom stereocenters. The molecular formula is C30H62O5S3Si. The molecule has 2 saturated carbocycles. The molecule has 2 fully saturated rings. The molecule has 0 saturated heterocycles. The van der Waals surface area contributed by atoms with E-state index in [1.165, 1.54) is 18.6 Å². The molecule has 2 unspecified atom stereocenters. The normalized spacial score (nSPS) is 27.8. The Morgan fingerprint density at radius 2 is 1.54 bits per heavy atom. The Bertz CT molecular complexity index is 950. The number of unbranched alkanes of at least 4 members (excludes halogenated alkanes) is 1. The predicted octanol–water partition coefficient (Wildman–Crippen LogP) is 9.10. The number of rotatable bonds is 17. The van der Waals surface area contributed by atoms with Crippen molar-refractivity contribution in [1.82, 2.24) is 0 Å². The van der Waals surface area contributed by atoms with Crippen LogP contribution in [0.1, 0.15) is 98.8 Å². The Labute approximate surface area is 246 Å². The molecule has 0 aromatic rings. The smallest absolute Gasteiger partial charge is 0.270 e. The van der Waals surface area contributed by atoms with Gasteiger partial charge in [-0.2, -0.15) is 8.42 Å². The first-order valence-corrected chi connectivity index (χ1v) is 24.7. The molecule has 39 heavy (non-hydrogen) atoms. The van der Waals surface area contributed by atoms with Crippen LogP contribution < -0.4 is 0 Å². The van der Waals surface area contributed by atoms with Crippen LogP contribution in [0.15, 0.2) is 12.7 Å². The Kier molecular flexibility index (Phi) is 11.2. The molecule has 1 N–H and O–H groups in total. The summed E-state index contributed by atoms with van der Waals surface area (Å²) in [6.45, 7) is 20.2. The zero-order chi connectivity index (χ0) is 30.2. The van der Waals surface area contributed by atoms with E-state index < -0.39 is 48.5 Å². The van der Waals surface area contributed by atoms with Crippen LogP contribution in [-0.4, -0.2) is 66.7 Å². The van der Waals surface area contributed by atoms with Crippen molar-refractivity contribution in [2.45, 2.75) is 133 Å². The maximum atomic E-state index is 12.3. The lowest BCUT2D eigenvalue weighted by atomic mass is 9.86. The lowest BCUT2D eigenvalue weighted by Gasteiger charge is -2.61. The minimum Gasteiger partial charge on any atom is -0.402 e. The summed E-state index contributed by atoms with van der Waals surface area (Å²) in [4.78, 5) is -0.642. The fraction of sp³-hybridized carbons (Fsp3) is 0.933. The second-order valence-electron chi connectivity index (χ2n) is 14.1. The molecule has 0 spiro atoms. The van der Waals surface area contributed by atoms with E-state index in [4.69, 9.17) is 8.61 Å². The quantitative estimate of drug-likeness (QED) is 0.0990. The van der Waals surface area contributed by atoms with Crippen LogP contribution in [-0.2, 0) is 18.7 Å². The summed E-state index contributed by atoms with van der Waals surface area (Å²) >= 11 is 0. The third-order valence-corrected chi connectivity index (χ3v) is 22.1. The van der Waals surface area contributed by atoms with E-state index in [1.54, 1.807) is 0 Å². The largest absolute Gasteiger partial charge is 0.402 e. The van der Waals surface area contributed by atoms with Crippen molar-refractivity contribution in [3.05, 3.63) is 12.7 Å². The van der Waals surface area contributed by atoms with Crippen molar-refractivity contribution < 1.29 is 21.6 Å². The lowest BCUT2D eigenvalue weighted by Crippen LogP contribution is -2.54. The van der Waals surface area contributed by atoms with Gasteiger partial charge in [0, 0.05) is 5.92 Å². The molecule has 9 heteroatoms. The molecule has 0 heterocycles. The molecule has 2 aliphatic rings. The van der Waals surface area contributed by atoms with Crippen LogP contribution >= 0.6 is 20.3 Å². The molecule has 0 amide bonds.